The maximum absolute atomic E-state index is 6.21. The van der Waals surface area contributed by atoms with Crippen molar-refractivity contribution in [2.45, 2.75) is 19.9 Å². The smallest absolute Gasteiger partial charge is 0.174 e. The number of benzene rings is 3. The van der Waals surface area contributed by atoms with Crippen LogP contribution in [-0.4, -0.2) is 35.1 Å². The predicted molar refractivity (Wildman–Crippen MR) is 164 cm³/mol. The second-order valence-electron chi connectivity index (χ2n) is 9.83. The Labute approximate surface area is 239 Å². The Balaban J connectivity index is 0.00000280. The number of hydrogen-bond donors (Lipinski definition) is 0. The van der Waals surface area contributed by atoms with E-state index in [9.17, 15) is 0 Å². The lowest BCUT2D eigenvalue weighted by Gasteiger charge is -2.42. The molecule has 3 heterocycles. The van der Waals surface area contributed by atoms with Crippen molar-refractivity contribution in [3.8, 4) is 0 Å². The minimum absolute atomic E-state index is 0. The molecule has 3 aromatic rings. The number of nitrogens with zero attached hydrogens (tertiary/aromatic N) is 3. The van der Waals surface area contributed by atoms with Crippen molar-refractivity contribution in [2.24, 2.45) is 4.99 Å². The number of amidine groups is 1. The minimum Gasteiger partial charge on any atom is -0.308 e. The van der Waals surface area contributed by atoms with E-state index in [1.54, 1.807) is 11.8 Å². The van der Waals surface area contributed by atoms with Crippen molar-refractivity contribution in [3.05, 3.63) is 128 Å². The van der Waals surface area contributed by atoms with Crippen LogP contribution in [0.5, 0.6) is 0 Å². The van der Waals surface area contributed by atoms with Crippen LogP contribution in [0.15, 0.2) is 100 Å². The van der Waals surface area contributed by atoms with Crippen molar-refractivity contribution in [1.82, 2.24) is 9.80 Å². The molecule has 3 aliphatic heterocycles. The standard InChI is InChI=1S/C31H28ClN3S.BrH/c1-20-4-8-22(9-5-20)16-25-17-34(3)18-27-29(25)33-31-35(30(27)24-10-6-21(2)7-11-24)28(19-36-31)23-12-14-26(32)15-13-23;/h4-16,19,30H,17-18H2,1-3H3;1H. The molecule has 1 atom stereocenters. The van der Waals surface area contributed by atoms with Gasteiger partial charge in [-0.1, -0.05) is 95.2 Å². The third-order valence-corrected chi connectivity index (χ3v) is 8.07. The normalized spacial score (nSPS) is 20.3. The summed E-state index contributed by atoms with van der Waals surface area (Å²) in [6.45, 7) is 6.03. The average molecular weight is 591 g/mol. The third kappa shape index (κ3) is 5.10. The Morgan fingerprint density at radius 3 is 2.22 bits per heavy atom. The fourth-order valence-electron chi connectivity index (χ4n) is 5.16. The van der Waals surface area contributed by atoms with Crippen LogP contribution in [0.2, 0.25) is 5.02 Å². The first-order chi connectivity index (χ1) is 17.5. The van der Waals surface area contributed by atoms with Crippen molar-refractivity contribution >= 4 is 57.3 Å². The van der Waals surface area contributed by atoms with Crippen molar-refractivity contribution in [2.75, 3.05) is 20.1 Å². The number of rotatable bonds is 3. The van der Waals surface area contributed by atoms with Crippen molar-refractivity contribution in [1.29, 1.82) is 0 Å². The van der Waals surface area contributed by atoms with Gasteiger partial charge in [0.05, 0.1) is 17.4 Å². The molecule has 0 aromatic heterocycles. The number of aliphatic imine (C=N–C) groups is 1. The number of thioether (sulfide) groups is 1. The lowest BCUT2D eigenvalue weighted by atomic mass is 9.87. The summed E-state index contributed by atoms with van der Waals surface area (Å²) >= 11 is 7.92. The lowest BCUT2D eigenvalue weighted by Crippen LogP contribution is -2.40. The van der Waals surface area contributed by atoms with E-state index in [2.05, 4.69) is 103 Å². The minimum atomic E-state index is 0. The largest absolute Gasteiger partial charge is 0.308 e. The molecule has 0 fully saturated rings. The van der Waals surface area contributed by atoms with Gasteiger partial charge in [-0.15, -0.1) is 17.0 Å². The zero-order valence-corrected chi connectivity index (χ0v) is 24.4. The Kier molecular flexibility index (Phi) is 7.51. The highest BCUT2D eigenvalue weighted by atomic mass is 79.9. The molecule has 6 heteroatoms. The van der Waals surface area contributed by atoms with Crippen LogP contribution >= 0.6 is 40.3 Å². The third-order valence-electron chi connectivity index (χ3n) is 6.98. The highest BCUT2D eigenvalue weighted by Crippen LogP contribution is 2.49. The molecule has 0 saturated heterocycles. The number of aryl methyl sites for hydroxylation is 2. The van der Waals surface area contributed by atoms with E-state index < -0.39 is 0 Å². The van der Waals surface area contributed by atoms with Gasteiger partial charge in [0.2, 0.25) is 0 Å². The molecular formula is C31H29BrClN3S. The van der Waals surface area contributed by atoms with E-state index in [1.807, 2.05) is 12.1 Å². The zero-order chi connectivity index (χ0) is 24.8. The second-order valence-corrected chi connectivity index (χ2v) is 11.1. The summed E-state index contributed by atoms with van der Waals surface area (Å²) < 4.78 is 0. The molecule has 3 aliphatic rings. The fourth-order valence-corrected chi connectivity index (χ4v) is 6.22. The number of fused-ring (bicyclic) bond motifs is 1. The van der Waals surface area contributed by atoms with Gasteiger partial charge in [0.25, 0.3) is 0 Å². The Morgan fingerprint density at radius 2 is 1.54 bits per heavy atom. The molecule has 0 amide bonds. The molecule has 0 radical (unpaired) electrons. The van der Waals surface area contributed by atoms with Crippen LogP contribution < -0.4 is 0 Å². The molecule has 6 rings (SSSR count). The van der Waals surface area contributed by atoms with Crippen LogP contribution in [0.1, 0.15) is 33.9 Å². The molecule has 0 N–H and O–H groups in total. The lowest BCUT2D eigenvalue weighted by molar-refractivity contribution is 0.344. The number of likely N-dealkylation sites (N-methyl/N-ethyl adjacent to an activating group) is 1. The van der Waals surface area contributed by atoms with E-state index in [4.69, 9.17) is 16.6 Å². The summed E-state index contributed by atoms with van der Waals surface area (Å²) in [5.74, 6) is 0. The summed E-state index contributed by atoms with van der Waals surface area (Å²) in [6.07, 6.45) is 2.31. The number of hydrogen-bond acceptors (Lipinski definition) is 4. The van der Waals surface area contributed by atoms with E-state index >= 15 is 0 Å². The average Bonchev–Trinajstić information content (AvgIpc) is 3.29. The monoisotopic (exact) mass is 589 g/mol. The molecule has 188 valence electrons. The highest BCUT2D eigenvalue weighted by Gasteiger charge is 2.41. The molecule has 3 nitrogen and oxygen atoms in total. The molecule has 3 aromatic carbocycles. The van der Waals surface area contributed by atoms with E-state index in [-0.39, 0.29) is 23.0 Å². The quantitative estimate of drug-likeness (QED) is 0.306. The van der Waals surface area contributed by atoms with Crippen LogP contribution in [0.3, 0.4) is 0 Å². The fraction of sp³-hybridized carbons (Fsp3) is 0.194. The summed E-state index contributed by atoms with van der Waals surface area (Å²) in [5.41, 5.74) is 11.1. The molecule has 0 bridgehead atoms. The van der Waals surface area contributed by atoms with Gasteiger partial charge in [-0.25, -0.2) is 4.99 Å². The van der Waals surface area contributed by atoms with Crippen LogP contribution in [0.25, 0.3) is 11.8 Å². The number of halogens is 2. The van der Waals surface area contributed by atoms with E-state index in [0.29, 0.717) is 0 Å². The van der Waals surface area contributed by atoms with E-state index in [1.165, 1.54) is 39.1 Å². The van der Waals surface area contributed by atoms with Gasteiger partial charge in [-0.3, -0.25) is 4.90 Å². The van der Waals surface area contributed by atoms with Gasteiger partial charge >= 0.3 is 0 Å². The Bertz CT molecular complexity index is 1440. The van der Waals surface area contributed by atoms with Gasteiger partial charge in [-0.2, -0.15) is 0 Å². The topological polar surface area (TPSA) is 18.8 Å². The summed E-state index contributed by atoms with van der Waals surface area (Å²) in [4.78, 5) is 10.1. The van der Waals surface area contributed by atoms with E-state index in [0.717, 1.165) is 34.5 Å². The summed E-state index contributed by atoms with van der Waals surface area (Å²) in [7, 11) is 2.20. The second kappa shape index (κ2) is 10.7. The van der Waals surface area contributed by atoms with Crippen LogP contribution in [0.4, 0.5) is 0 Å². The summed E-state index contributed by atoms with van der Waals surface area (Å²) in [6, 6.07) is 25.9. The maximum Gasteiger partial charge on any atom is 0.174 e. The van der Waals surface area contributed by atoms with Gasteiger partial charge in [0.1, 0.15) is 0 Å². The van der Waals surface area contributed by atoms with Crippen molar-refractivity contribution < 1.29 is 0 Å². The van der Waals surface area contributed by atoms with Gasteiger partial charge in [0, 0.05) is 23.5 Å². The molecular weight excluding hydrogens is 562 g/mol. The van der Waals surface area contributed by atoms with Gasteiger partial charge < -0.3 is 4.90 Å². The molecule has 1 unspecified atom stereocenters. The highest BCUT2D eigenvalue weighted by molar-refractivity contribution is 8.93. The van der Waals surface area contributed by atoms with Crippen LogP contribution in [-0.2, 0) is 0 Å². The molecule has 0 aliphatic carbocycles. The maximum atomic E-state index is 6.21. The first-order valence-electron chi connectivity index (χ1n) is 12.2. The molecule has 0 saturated carbocycles. The molecule has 37 heavy (non-hydrogen) atoms. The first-order valence-corrected chi connectivity index (χ1v) is 13.5. The first kappa shape index (κ1) is 26.1. The predicted octanol–water partition coefficient (Wildman–Crippen LogP) is 8.28. The Hall–Kier alpha value is -2.57. The van der Waals surface area contributed by atoms with Crippen LogP contribution in [0, 0.1) is 13.8 Å². The van der Waals surface area contributed by atoms with Crippen molar-refractivity contribution in [3.63, 3.8) is 0 Å². The SMILES string of the molecule is Br.Cc1ccc(C=C2CN(C)CC3=C2N=C2SC=C(c4ccc(Cl)cc4)N2C3c2ccc(C)cc2)cc1. The van der Waals surface area contributed by atoms with Gasteiger partial charge in [-0.05, 0) is 66.9 Å². The Morgan fingerprint density at radius 1 is 0.892 bits per heavy atom. The zero-order valence-electron chi connectivity index (χ0n) is 21.1. The summed E-state index contributed by atoms with van der Waals surface area (Å²) in [5, 5.41) is 4.01. The van der Waals surface area contributed by atoms with Gasteiger partial charge in [0.15, 0.2) is 5.17 Å². The molecule has 0 spiro atoms.